The predicted octanol–water partition coefficient (Wildman–Crippen LogP) is 4.12. The van der Waals surface area contributed by atoms with Gasteiger partial charge in [0.15, 0.2) is 0 Å². The number of aryl methyl sites for hydroxylation is 1. The average molecular weight is 282 g/mol. The van der Waals surface area contributed by atoms with E-state index in [1.807, 2.05) is 6.92 Å². The molecule has 0 saturated heterocycles. The molecule has 2 unspecified atom stereocenters. The monoisotopic (exact) mass is 281 g/mol. The zero-order chi connectivity index (χ0) is 13.8. The number of halogens is 1. The van der Waals surface area contributed by atoms with Gasteiger partial charge in [-0.1, -0.05) is 26.7 Å². The molecule has 1 saturated carbocycles. The molecular formula is C15H24ClN3. The van der Waals surface area contributed by atoms with Crippen LogP contribution in [0.15, 0.2) is 6.07 Å². The van der Waals surface area contributed by atoms with Crippen molar-refractivity contribution in [2.24, 2.45) is 5.92 Å². The molecule has 0 amide bonds. The van der Waals surface area contributed by atoms with Crippen LogP contribution in [0.4, 0.5) is 5.95 Å². The maximum absolute atomic E-state index is 6.38. The summed E-state index contributed by atoms with van der Waals surface area (Å²) < 4.78 is 0. The van der Waals surface area contributed by atoms with Crippen LogP contribution in [0.25, 0.3) is 0 Å². The van der Waals surface area contributed by atoms with Crippen LogP contribution in [-0.4, -0.2) is 21.9 Å². The van der Waals surface area contributed by atoms with Gasteiger partial charge in [0.1, 0.15) is 0 Å². The Balaban J connectivity index is 1.98. The first kappa shape index (κ1) is 14.6. The van der Waals surface area contributed by atoms with E-state index < -0.39 is 0 Å². The number of hydrogen-bond donors (Lipinski definition) is 1. The predicted molar refractivity (Wildman–Crippen MR) is 80.9 cm³/mol. The molecular weight excluding hydrogens is 258 g/mol. The average Bonchev–Trinajstić information content (AvgIpc) is 2.37. The second-order valence-corrected chi connectivity index (χ2v) is 6.41. The largest absolute Gasteiger partial charge is 0.354 e. The third-order valence-electron chi connectivity index (χ3n) is 3.80. The quantitative estimate of drug-likeness (QED) is 0.844. The van der Waals surface area contributed by atoms with E-state index in [1.165, 1.54) is 19.3 Å². The van der Waals surface area contributed by atoms with Crippen LogP contribution in [0.5, 0.6) is 0 Å². The number of aromatic nitrogens is 2. The van der Waals surface area contributed by atoms with Crippen molar-refractivity contribution in [3.63, 3.8) is 0 Å². The van der Waals surface area contributed by atoms with Gasteiger partial charge in [-0.2, -0.15) is 0 Å². The SMILES string of the molecule is Cc1cc(C(C)C)nc(NCC2CCCCC2Cl)n1. The maximum Gasteiger partial charge on any atom is 0.223 e. The Hall–Kier alpha value is -0.830. The number of alkyl halides is 1. The van der Waals surface area contributed by atoms with Crippen molar-refractivity contribution in [3.05, 3.63) is 17.5 Å². The first-order valence-electron chi connectivity index (χ1n) is 7.30. The molecule has 1 aromatic rings. The van der Waals surface area contributed by atoms with Crippen molar-refractivity contribution < 1.29 is 0 Å². The molecule has 0 spiro atoms. The summed E-state index contributed by atoms with van der Waals surface area (Å²) in [6.07, 6.45) is 4.91. The van der Waals surface area contributed by atoms with E-state index >= 15 is 0 Å². The van der Waals surface area contributed by atoms with E-state index in [1.54, 1.807) is 0 Å². The molecule has 1 aliphatic rings. The van der Waals surface area contributed by atoms with E-state index in [2.05, 4.69) is 35.2 Å². The summed E-state index contributed by atoms with van der Waals surface area (Å²) in [5.41, 5.74) is 2.12. The fourth-order valence-electron chi connectivity index (χ4n) is 2.58. The highest BCUT2D eigenvalue weighted by molar-refractivity contribution is 6.20. The second kappa shape index (κ2) is 6.56. The lowest BCUT2D eigenvalue weighted by Crippen LogP contribution is -2.27. The van der Waals surface area contributed by atoms with Gasteiger partial charge in [-0.3, -0.25) is 0 Å². The zero-order valence-electron chi connectivity index (χ0n) is 12.1. The maximum atomic E-state index is 6.38. The second-order valence-electron chi connectivity index (χ2n) is 5.85. The Morgan fingerprint density at radius 2 is 2.05 bits per heavy atom. The summed E-state index contributed by atoms with van der Waals surface area (Å²) >= 11 is 6.38. The molecule has 1 fully saturated rings. The normalized spacial score (nSPS) is 23.6. The Morgan fingerprint density at radius 3 is 2.74 bits per heavy atom. The van der Waals surface area contributed by atoms with Crippen LogP contribution >= 0.6 is 11.6 Å². The molecule has 2 atom stereocenters. The lowest BCUT2D eigenvalue weighted by molar-refractivity contribution is 0.380. The van der Waals surface area contributed by atoms with Gasteiger partial charge in [-0.15, -0.1) is 11.6 Å². The molecule has 4 heteroatoms. The standard InChI is InChI=1S/C15H24ClN3/c1-10(2)14-8-11(3)18-15(19-14)17-9-12-6-4-5-7-13(12)16/h8,10,12-13H,4-7,9H2,1-3H3,(H,17,18,19). The molecule has 1 aromatic heterocycles. The van der Waals surface area contributed by atoms with Crippen molar-refractivity contribution in [2.75, 3.05) is 11.9 Å². The van der Waals surface area contributed by atoms with Crippen LogP contribution in [0.2, 0.25) is 0 Å². The lowest BCUT2D eigenvalue weighted by atomic mass is 9.89. The highest BCUT2D eigenvalue weighted by Crippen LogP contribution is 2.28. The van der Waals surface area contributed by atoms with Gasteiger partial charge >= 0.3 is 0 Å². The summed E-state index contributed by atoms with van der Waals surface area (Å²) in [7, 11) is 0. The molecule has 0 aromatic carbocycles. The van der Waals surface area contributed by atoms with Crippen molar-refractivity contribution in [1.82, 2.24) is 9.97 Å². The molecule has 0 aliphatic heterocycles. The Bertz CT molecular complexity index is 420. The van der Waals surface area contributed by atoms with E-state index in [0.29, 0.717) is 17.2 Å². The van der Waals surface area contributed by atoms with Gasteiger partial charge in [0.2, 0.25) is 5.95 Å². The zero-order valence-corrected chi connectivity index (χ0v) is 12.9. The third kappa shape index (κ3) is 4.07. The van der Waals surface area contributed by atoms with Crippen molar-refractivity contribution >= 4 is 17.5 Å². The first-order valence-corrected chi connectivity index (χ1v) is 7.73. The summed E-state index contributed by atoms with van der Waals surface area (Å²) in [6, 6.07) is 2.06. The van der Waals surface area contributed by atoms with Crippen molar-refractivity contribution in [3.8, 4) is 0 Å². The number of nitrogens with one attached hydrogen (secondary N) is 1. The van der Waals surface area contributed by atoms with E-state index in [4.69, 9.17) is 11.6 Å². The van der Waals surface area contributed by atoms with Crippen LogP contribution in [-0.2, 0) is 0 Å². The topological polar surface area (TPSA) is 37.8 Å². The van der Waals surface area contributed by atoms with Gasteiger partial charge in [0.25, 0.3) is 0 Å². The minimum absolute atomic E-state index is 0.302. The Kier molecular flexibility index (Phi) is 5.03. The summed E-state index contributed by atoms with van der Waals surface area (Å²) in [4.78, 5) is 9.04. The summed E-state index contributed by atoms with van der Waals surface area (Å²) in [5, 5.41) is 3.68. The number of rotatable bonds is 4. The van der Waals surface area contributed by atoms with Gasteiger partial charge < -0.3 is 5.32 Å². The highest BCUT2D eigenvalue weighted by atomic mass is 35.5. The van der Waals surface area contributed by atoms with Crippen molar-refractivity contribution in [1.29, 1.82) is 0 Å². The molecule has 0 bridgehead atoms. The van der Waals surface area contributed by atoms with Gasteiger partial charge in [0.05, 0.1) is 0 Å². The molecule has 0 radical (unpaired) electrons. The Labute approximate surface area is 121 Å². The molecule has 19 heavy (non-hydrogen) atoms. The third-order valence-corrected chi connectivity index (χ3v) is 4.38. The summed E-state index contributed by atoms with van der Waals surface area (Å²) in [6.45, 7) is 7.21. The molecule has 1 aliphatic carbocycles. The van der Waals surface area contributed by atoms with Gasteiger partial charge in [-0.25, -0.2) is 9.97 Å². The smallest absolute Gasteiger partial charge is 0.223 e. The summed E-state index contributed by atoms with van der Waals surface area (Å²) in [5.74, 6) is 1.72. The first-order chi connectivity index (χ1) is 9.06. The van der Waals surface area contributed by atoms with Crippen molar-refractivity contribution in [2.45, 2.75) is 57.7 Å². The minimum Gasteiger partial charge on any atom is -0.354 e. The minimum atomic E-state index is 0.302. The van der Waals surface area contributed by atoms with E-state index in [9.17, 15) is 0 Å². The molecule has 1 heterocycles. The fraction of sp³-hybridized carbons (Fsp3) is 0.733. The molecule has 1 N–H and O–H groups in total. The highest BCUT2D eigenvalue weighted by Gasteiger charge is 2.23. The van der Waals surface area contributed by atoms with Crippen LogP contribution in [0.3, 0.4) is 0 Å². The Morgan fingerprint density at radius 1 is 1.32 bits per heavy atom. The molecule has 106 valence electrons. The molecule has 2 rings (SSSR count). The fourth-order valence-corrected chi connectivity index (χ4v) is 2.95. The van der Waals surface area contributed by atoms with E-state index in [0.717, 1.165) is 30.3 Å². The lowest BCUT2D eigenvalue weighted by Gasteiger charge is -2.27. The van der Waals surface area contributed by atoms with Crippen LogP contribution in [0, 0.1) is 12.8 Å². The van der Waals surface area contributed by atoms with E-state index in [-0.39, 0.29) is 0 Å². The van der Waals surface area contributed by atoms with Crippen LogP contribution < -0.4 is 5.32 Å². The molecule has 3 nitrogen and oxygen atoms in total. The number of anilines is 1. The number of nitrogens with zero attached hydrogens (tertiary/aromatic N) is 2. The van der Waals surface area contributed by atoms with Crippen LogP contribution in [0.1, 0.15) is 56.8 Å². The van der Waals surface area contributed by atoms with Gasteiger partial charge in [0, 0.05) is 23.3 Å². The van der Waals surface area contributed by atoms with Gasteiger partial charge in [-0.05, 0) is 37.7 Å². The number of hydrogen-bond acceptors (Lipinski definition) is 3.